The first-order valence-corrected chi connectivity index (χ1v) is 6.39. The Morgan fingerprint density at radius 3 is 2.81 bits per heavy atom. The zero-order valence-electron chi connectivity index (χ0n) is 11.3. The number of hydrogen-bond acceptors (Lipinski definition) is 3. The molecule has 4 nitrogen and oxygen atoms in total. The number of rotatable bonds is 2. The lowest BCUT2D eigenvalue weighted by atomic mass is 10.2. The topological polar surface area (TPSA) is 68.3 Å². The molecular weight excluding hydrogens is 271 g/mol. The molecule has 21 heavy (non-hydrogen) atoms. The zero-order valence-corrected chi connectivity index (χ0v) is 11.3. The molecular formula is C16H13FN2O2. The summed E-state index contributed by atoms with van der Waals surface area (Å²) in [4.78, 5) is 12.1. The molecule has 0 fully saturated rings. The molecule has 3 rings (SSSR count). The van der Waals surface area contributed by atoms with E-state index in [2.05, 4.69) is 5.32 Å². The van der Waals surface area contributed by atoms with E-state index < -0.39 is 11.7 Å². The number of aryl methyl sites for hydroxylation is 1. The molecule has 0 spiro atoms. The predicted octanol–water partition coefficient (Wildman–Crippen LogP) is 3.71. The third kappa shape index (κ3) is 2.58. The number of benzene rings is 2. The maximum atomic E-state index is 13.2. The standard InChI is InChI=1S/C16H13FN2O2/c1-9-2-5-14-10(6-9)7-15(21-14)16(20)19-13-8-11(17)3-4-12(13)18/h2-8H,18H2,1H3,(H,19,20). The first-order valence-electron chi connectivity index (χ1n) is 6.39. The lowest BCUT2D eigenvalue weighted by Gasteiger charge is -2.06. The average Bonchev–Trinajstić information content (AvgIpc) is 2.86. The maximum Gasteiger partial charge on any atom is 0.291 e. The molecule has 0 aliphatic heterocycles. The van der Waals surface area contributed by atoms with Gasteiger partial charge in [0.1, 0.15) is 11.4 Å². The van der Waals surface area contributed by atoms with Crippen LogP contribution in [-0.4, -0.2) is 5.91 Å². The van der Waals surface area contributed by atoms with Crippen LogP contribution in [0.1, 0.15) is 16.1 Å². The van der Waals surface area contributed by atoms with Gasteiger partial charge in [-0.25, -0.2) is 4.39 Å². The van der Waals surface area contributed by atoms with Crippen LogP contribution in [0, 0.1) is 12.7 Å². The summed E-state index contributed by atoms with van der Waals surface area (Å²) in [5, 5.41) is 3.39. The third-order valence-electron chi connectivity index (χ3n) is 3.16. The lowest BCUT2D eigenvalue weighted by molar-refractivity contribution is 0.0999. The van der Waals surface area contributed by atoms with Crippen molar-refractivity contribution < 1.29 is 13.6 Å². The Kier molecular flexibility index (Phi) is 3.10. The number of anilines is 2. The van der Waals surface area contributed by atoms with Gasteiger partial charge in [-0.3, -0.25) is 4.79 Å². The fourth-order valence-corrected chi connectivity index (χ4v) is 2.10. The van der Waals surface area contributed by atoms with Crippen molar-refractivity contribution in [2.75, 3.05) is 11.1 Å². The van der Waals surface area contributed by atoms with E-state index in [1.165, 1.54) is 18.2 Å². The monoisotopic (exact) mass is 284 g/mol. The Bertz CT molecular complexity index is 839. The second kappa shape index (κ2) is 4.94. The van der Waals surface area contributed by atoms with Gasteiger partial charge in [0.15, 0.2) is 5.76 Å². The number of fused-ring (bicyclic) bond motifs is 1. The molecule has 2 aromatic carbocycles. The van der Waals surface area contributed by atoms with E-state index in [9.17, 15) is 9.18 Å². The van der Waals surface area contributed by atoms with Crippen molar-refractivity contribution in [2.45, 2.75) is 6.92 Å². The van der Waals surface area contributed by atoms with Crippen LogP contribution < -0.4 is 11.1 Å². The highest BCUT2D eigenvalue weighted by molar-refractivity contribution is 6.06. The fourth-order valence-electron chi connectivity index (χ4n) is 2.10. The molecule has 1 heterocycles. The molecule has 3 N–H and O–H groups in total. The number of furan rings is 1. The van der Waals surface area contributed by atoms with Gasteiger partial charge in [-0.1, -0.05) is 11.6 Å². The van der Waals surface area contributed by atoms with Gasteiger partial charge in [-0.15, -0.1) is 0 Å². The Morgan fingerprint density at radius 1 is 1.19 bits per heavy atom. The summed E-state index contributed by atoms with van der Waals surface area (Å²) in [6, 6.07) is 11.1. The third-order valence-corrected chi connectivity index (χ3v) is 3.16. The van der Waals surface area contributed by atoms with Crippen LogP contribution in [0.15, 0.2) is 46.9 Å². The van der Waals surface area contributed by atoms with Crippen LogP contribution in [0.25, 0.3) is 11.0 Å². The van der Waals surface area contributed by atoms with Crippen molar-refractivity contribution >= 4 is 28.3 Å². The minimum atomic E-state index is -0.472. The Labute approximate surface area is 120 Å². The van der Waals surface area contributed by atoms with Crippen LogP contribution in [0.2, 0.25) is 0 Å². The Balaban J connectivity index is 1.91. The quantitative estimate of drug-likeness (QED) is 0.705. The molecule has 1 aromatic heterocycles. The first-order chi connectivity index (χ1) is 10.0. The second-order valence-corrected chi connectivity index (χ2v) is 4.84. The highest BCUT2D eigenvalue weighted by atomic mass is 19.1. The fraction of sp³-hybridized carbons (Fsp3) is 0.0625. The van der Waals surface area contributed by atoms with E-state index in [0.29, 0.717) is 5.58 Å². The SMILES string of the molecule is Cc1ccc2oc(C(=O)Nc3cc(F)ccc3N)cc2c1. The molecule has 1 amide bonds. The maximum absolute atomic E-state index is 13.2. The number of nitrogens with one attached hydrogen (secondary N) is 1. The number of halogens is 1. The molecule has 0 unspecified atom stereocenters. The normalized spacial score (nSPS) is 10.8. The van der Waals surface area contributed by atoms with Crippen LogP contribution in [0.5, 0.6) is 0 Å². The summed E-state index contributed by atoms with van der Waals surface area (Å²) in [6.07, 6.45) is 0. The summed E-state index contributed by atoms with van der Waals surface area (Å²) in [5.74, 6) is -0.792. The van der Waals surface area contributed by atoms with Gasteiger partial charge in [-0.05, 0) is 43.3 Å². The summed E-state index contributed by atoms with van der Waals surface area (Å²) >= 11 is 0. The number of amides is 1. The van der Waals surface area contributed by atoms with Gasteiger partial charge in [0.25, 0.3) is 5.91 Å². The number of carbonyl (C=O) groups is 1. The predicted molar refractivity (Wildman–Crippen MR) is 79.7 cm³/mol. The summed E-state index contributed by atoms with van der Waals surface area (Å²) < 4.78 is 18.7. The number of nitrogen functional groups attached to an aromatic ring is 1. The molecule has 3 aromatic rings. The first kappa shape index (κ1) is 13.2. The molecule has 0 bridgehead atoms. The van der Waals surface area contributed by atoms with Gasteiger partial charge in [0.05, 0.1) is 11.4 Å². The van der Waals surface area contributed by atoms with Crippen molar-refractivity contribution in [1.29, 1.82) is 0 Å². The van der Waals surface area contributed by atoms with Crippen LogP contribution in [0.3, 0.4) is 0 Å². The minimum absolute atomic E-state index is 0.152. The average molecular weight is 284 g/mol. The van der Waals surface area contributed by atoms with E-state index in [1.807, 2.05) is 19.1 Å². The molecule has 0 saturated carbocycles. The van der Waals surface area contributed by atoms with E-state index >= 15 is 0 Å². The largest absolute Gasteiger partial charge is 0.451 e. The number of nitrogens with two attached hydrogens (primary N) is 1. The van der Waals surface area contributed by atoms with Crippen molar-refractivity contribution in [3.63, 3.8) is 0 Å². The van der Waals surface area contributed by atoms with Gasteiger partial charge in [0, 0.05) is 5.39 Å². The van der Waals surface area contributed by atoms with Gasteiger partial charge in [-0.2, -0.15) is 0 Å². The minimum Gasteiger partial charge on any atom is -0.451 e. The molecule has 5 heteroatoms. The molecule has 106 valence electrons. The Morgan fingerprint density at radius 2 is 2.00 bits per heavy atom. The molecule has 0 atom stereocenters. The number of carbonyl (C=O) groups excluding carboxylic acids is 1. The van der Waals surface area contributed by atoms with E-state index in [0.717, 1.165) is 10.9 Å². The highest BCUT2D eigenvalue weighted by Crippen LogP contribution is 2.23. The van der Waals surface area contributed by atoms with Gasteiger partial charge >= 0.3 is 0 Å². The smallest absolute Gasteiger partial charge is 0.291 e. The van der Waals surface area contributed by atoms with Crippen molar-refractivity contribution in [1.82, 2.24) is 0 Å². The van der Waals surface area contributed by atoms with E-state index in [4.69, 9.17) is 10.2 Å². The molecule has 0 aliphatic carbocycles. The van der Waals surface area contributed by atoms with Gasteiger partial charge < -0.3 is 15.5 Å². The summed E-state index contributed by atoms with van der Waals surface area (Å²) in [7, 11) is 0. The van der Waals surface area contributed by atoms with Crippen molar-refractivity contribution in [3.8, 4) is 0 Å². The molecule has 0 radical (unpaired) electrons. The van der Waals surface area contributed by atoms with Crippen molar-refractivity contribution in [3.05, 3.63) is 59.6 Å². The highest BCUT2D eigenvalue weighted by Gasteiger charge is 2.14. The van der Waals surface area contributed by atoms with E-state index in [-0.39, 0.29) is 17.1 Å². The lowest BCUT2D eigenvalue weighted by Crippen LogP contribution is -2.12. The number of hydrogen-bond donors (Lipinski definition) is 2. The molecule has 0 saturated heterocycles. The summed E-state index contributed by atoms with van der Waals surface area (Å²) in [5.41, 5.74) is 7.90. The van der Waals surface area contributed by atoms with Crippen LogP contribution in [-0.2, 0) is 0 Å². The van der Waals surface area contributed by atoms with E-state index in [1.54, 1.807) is 12.1 Å². The molecule has 0 aliphatic rings. The zero-order chi connectivity index (χ0) is 15.0. The Hall–Kier alpha value is -2.82. The van der Waals surface area contributed by atoms with Gasteiger partial charge in [0.2, 0.25) is 0 Å². The van der Waals surface area contributed by atoms with Crippen LogP contribution in [0.4, 0.5) is 15.8 Å². The second-order valence-electron chi connectivity index (χ2n) is 4.84. The van der Waals surface area contributed by atoms with Crippen molar-refractivity contribution in [2.24, 2.45) is 0 Å². The summed E-state index contributed by atoms with van der Waals surface area (Å²) in [6.45, 7) is 1.96. The van der Waals surface area contributed by atoms with Crippen LogP contribution >= 0.6 is 0 Å².